The fraction of sp³-hybridized carbons (Fsp3) is 1.00. The molecule has 0 aromatic rings. The highest BCUT2D eigenvalue weighted by Crippen LogP contribution is 2.40. The zero-order valence-corrected chi connectivity index (χ0v) is 26.0. The molecule has 168 valence electrons. The van der Waals surface area contributed by atoms with E-state index in [2.05, 4.69) is 122 Å². The monoisotopic (exact) mass is 432 g/mol. The molecular formula is C24H60Si3. The van der Waals surface area contributed by atoms with Gasteiger partial charge in [0.2, 0.25) is 0 Å². The van der Waals surface area contributed by atoms with Gasteiger partial charge in [0.25, 0.3) is 0 Å². The van der Waals surface area contributed by atoms with Crippen LogP contribution in [-0.4, -0.2) is 24.2 Å². The van der Waals surface area contributed by atoms with E-state index in [9.17, 15) is 0 Å². The summed E-state index contributed by atoms with van der Waals surface area (Å²) in [4.78, 5) is 0. The average Bonchev–Trinajstić information content (AvgIpc) is 2.45. The van der Waals surface area contributed by atoms with Crippen molar-refractivity contribution in [3.8, 4) is 0 Å². The minimum absolute atomic E-state index is 0.735. The summed E-state index contributed by atoms with van der Waals surface area (Å²) in [7, 11) is -2.57. The lowest BCUT2D eigenvalue weighted by Gasteiger charge is -2.39. The van der Waals surface area contributed by atoms with Crippen LogP contribution >= 0.6 is 0 Å². The van der Waals surface area contributed by atoms with E-state index in [1.165, 1.54) is 0 Å². The lowest BCUT2D eigenvalue weighted by molar-refractivity contribution is 0.823. The zero-order chi connectivity index (χ0) is 23.0. The van der Waals surface area contributed by atoms with Crippen molar-refractivity contribution in [3.63, 3.8) is 0 Å². The van der Waals surface area contributed by atoms with E-state index in [-0.39, 0.29) is 0 Å². The Morgan fingerprint density at radius 3 is 0.519 bits per heavy atom. The highest BCUT2D eigenvalue weighted by Gasteiger charge is 2.37. The summed E-state index contributed by atoms with van der Waals surface area (Å²) in [5, 5.41) is 0. The minimum atomic E-state index is -0.981. The normalized spacial score (nSPS) is 13.3. The molecule has 0 aromatic carbocycles. The molecule has 0 aliphatic rings. The molecule has 0 unspecified atom stereocenters. The smallest absolute Gasteiger partial charge is 0.0581 e. The molecular weight excluding hydrogens is 373 g/mol. The molecule has 0 aliphatic carbocycles. The van der Waals surface area contributed by atoms with Crippen LogP contribution in [0.1, 0.15) is 83.1 Å². The van der Waals surface area contributed by atoms with Gasteiger partial charge in [0.1, 0.15) is 0 Å². The fourth-order valence-corrected chi connectivity index (χ4v) is 8.00. The first-order chi connectivity index (χ1) is 11.7. The summed E-state index contributed by atoms with van der Waals surface area (Å²) >= 11 is 0. The SMILES string of the molecule is CC(C)[Si](C)(C(C)C)C(C)C.CC(C)[Si](C)(C)C.CC(C)[Si](C)(C)C(C)C. The molecule has 0 saturated heterocycles. The third kappa shape index (κ3) is 12.1. The van der Waals surface area contributed by atoms with Gasteiger partial charge in [0.15, 0.2) is 0 Å². The molecule has 0 aromatic heterocycles. The Kier molecular flexibility index (Phi) is 15.6. The first kappa shape index (κ1) is 32.3. The summed E-state index contributed by atoms with van der Waals surface area (Å²) in [6, 6.07) is 0. The minimum Gasteiger partial charge on any atom is -0.0694 e. The van der Waals surface area contributed by atoms with Gasteiger partial charge < -0.3 is 0 Å². The molecule has 0 saturated carbocycles. The Morgan fingerprint density at radius 1 is 0.333 bits per heavy atom. The molecule has 0 fully saturated rings. The van der Waals surface area contributed by atoms with E-state index in [0.717, 1.165) is 33.2 Å². The van der Waals surface area contributed by atoms with E-state index < -0.39 is 24.2 Å². The first-order valence-corrected chi connectivity index (χ1v) is 21.1. The molecule has 3 heteroatoms. The van der Waals surface area contributed by atoms with Gasteiger partial charge in [-0.3, -0.25) is 0 Å². The maximum Gasteiger partial charge on any atom is 0.0581 e. The molecule has 0 spiro atoms. The van der Waals surface area contributed by atoms with E-state index in [4.69, 9.17) is 0 Å². The topological polar surface area (TPSA) is 0 Å². The third-order valence-electron chi connectivity index (χ3n) is 8.44. The van der Waals surface area contributed by atoms with Gasteiger partial charge in [-0.2, -0.15) is 0 Å². The number of hydrogen-bond donors (Lipinski definition) is 0. The van der Waals surface area contributed by atoms with Gasteiger partial charge in [-0.1, -0.05) is 156 Å². The summed E-state index contributed by atoms with van der Waals surface area (Å²) in [5.74, 6) is 0. The zero-order valence-electron chi connectivity index (χ0n) is 23.0. The highest BCUT2D eigenvalue weighted by molar-refractivity contribution is 6.82. The van der Waals surface area contributed by atoms with Crippen molar-refractivity contribution in [3.05, 3.63) is 0 Å². The number of hydrogen-bond acceptors (Lipinski definition) is 0. The molecule has 0 amide bonds. The van der Waals surface area contributed by atoms with Crippen molar-refractivity contribution >= 4 is 24.2 Å². The Hall–Kier alpha value is 0.651. The van der Waals surface area contributed by atoms with Crippen molar-refractivity contribution in [2.24, 2.45) is 0 Å². The molecule has 0 heterocycles. The Morgan fingerprint density at radius 2 is 0.519 bits per heavy atom. The molecule has 0 rings (SSSR count). The van der Waals surface area contributed by atoms with Crippen molar-refractivity contribution in [2.45, 2.75) is 156 Å². The van der Waals surface area contributed by atoms with Crippen LogP contribution in [-0.2, 0) is 0 Å². The number of rotatable bonds is 6. The second-order valence-electron chi connectivity index (χ2n) is 12.5. The van der Waals surface area contributed by atoms with E-state index in [1.807, 2.05) is 0 Å². The summed E-state index contributed by atoms with van der Waals surface area (Å²) in [6.07, 6.45) is 0. The predicted octanol–water partition coefficient (Wildman–Crippen LogP) is 10.5. The molecule has 0 nitrogen and oxygen atoms in total. The van der Waals surface area contributed by atoms with Crippen LogP contribution < -0.4 is 0 Å². The maximum atomic E-state index is 2.55. The molecule has 0 atom stereocenters. The van der Waals surface area contributed by atoms with Crippen molar-refractivity contribution in [2.75, 3.05) is 0 Å². The average molecular weight is 433 g/mol. The quantitative estimate of drug-likeness (QED) is 0.366. The van der Waals surface area contributed by atoms with Gasteiger partial charge in [-0.05, 0) is 0 Å². The Labute approximate surface area is 179 Å². The van der Waals surface area contributed by atoms with Gasteiger partial charge in [0.05, 0.1) is 16.1 Å². The van der Waals surface area contributed by atoms with Crippen molar-refractivity contribution < 1.29 is 0 Å². The van der Waals surface area contributed by atoms with Crippen LogP contribution in [0.15, 0.2) is 0 Å². The Bertz CT molecular complexity index is 327. The second kappa shape index (κ2) is 13.1. The van der Waals surface area contributed by atoms with Crippen LogP contribution in [0, 0.1) is 0 Å². The fourth-order valence-electron chi connectivity index (χ4n) is 2.67. The summed E-state index contributed by atoms with van der Waals surface area (Å²) in [5.41, 5.74) is 5.55. The molecule has 27 heavy (non-hydrogen) atoms. The molecule has 0 bridgehead atoms. The highest BCUT2D eigenvalue weighted by atomic mass is 28.3. The molecule has 0 N–H and O–H groups in total. The lowest BCUT2D eigenvalue weighted by atomic mass is 10.5. The third-order valence-corrected chi connectivity index (χ3v) is 25.3. The first-order valence-electron chi connectivity index (χ1n) is 11.7. The Balaban J connectivity index is -0.000000329. The molecule has 0 radical (unpaired) electrons. The maximum absolute atomic E-state index is 2.55. The van der Waals surface area contributed by atoms with E-state index in [0.29, 0.717) is 0 Å². The summed E-state index contributed by atoms with van der Waals surface area (Å²) < 4.78 is 0. The lowest BCUT2D eigenvalue weighted by Crippen LogP contribution is -2.40. The van der Waals surface area contributed by atoms with Crippen LogP contribution in [0.25, 0.3) is 0 Å². The summed E-state index contributed by atoms with van der Waals surface area (Å²) in [6.45, 7) is 43.1. The van der Waals surface area contributed by atoms with Gasteiger partial charge >= 0.3 is 0 Å². The van der Waals surface area contributed by atoms with Gasteiger partial charge in [-0.25, -0.2) is 0 Å². The standard InChI is InChI=1S/C10H24Si.C8H20Si.C6H16Si/c1-8(2)11(7,9(3)4)10(5)6;1-7(2)9(5,6)8(3)4;1-6(2)7(3,4)5/h8-10H,1-7H3;7-8H,1-6H3;6H,1-5H3. The van der Waals surface area contributed by atoms with Gasteiger partial charge in [0, 0.05) is 8.07 Å². The largest absolute Gasteiger partial charge is 0.0694 e. The van der Waals surface area contributed by atoms with E-state index >= 15 is 0 Å². The van der Waals surface area contributed by atoms with Crippen LogP contribution in [0.3, 0.4) is 0 Å². The van der Waals surface area contributed by atoms with Crippen LogP contribution in [0.4, 0.5) is 0 Å². The van der Waals surface area contributed by atoms with Crippen LogP contribution in [0.2, 0.25) is 72.5 Å². The van der Waals surface area contributed by atoms with Gasteiger partial charge in [-0.15, -0.1) is 0 Å². The van der Waals surface area contributed by atoms with E-state index in [1.54, 1.807) is 0 Å². The second-order valence-corrected chi connectivity index (χ2v) is 30.5. The van der Waals surface area contributed by atoms with Crippen molar-refractivity contribution in [1.82, 2.24) is 0 Å². The van der Waals surface area contributed by atoms with Crippen LogP contribution in [0.5, 0.6) is 0 Å². The predicted molar refractivity (Wildman–Crippen MR) is 143 cm³/mol. The van der Waals surface area contributed by atoms with Crippen molar-refractivity contribution in [1.29, 1.82) is 0 Å². The molecule has 0 aliphatic heterocycles.